The minimum atomic E-state index is -0.629. The zero-order valence-electron chi connectivity index (χ0n) is 13.7. The standard InChI is InChI=1S/C16H27NO3S/c1-6-16(18,7-2)11-17-10-12-8-13(19-3)14(20-4)9-15(12)21-5/h8-9,17-18H,6-7,10-11H2,1-5H3. The molecule has 0 fully saturated rings. The molecule has 1 aromatic rings. The topological polar surface area (TPSA) is 50.7 Å². The third-order valence-corrected chi connectivity index (χ3v) is 4.69. The molecule has 4 nitrogen and oxygen atoms in total. The zero-order chi connectivity index (χ0) is 15.9. The van der Waals surface area contributed by atoms with Gasteiger partial charge >= 0.3 is 0 Å². The van der Waals surface area contributed by atoms with E-state index in [4.69, 9.17) is 9.47 Å². The van der Waals surface area contributed by atoms with E-state index in [1.54, 1.807) is 26.0 Å². The SMILES string of the molecule is CCC(O)(CC)CNCc1cc(OC)c(OC)cc1SC. The van der Waals surface area contributed by atoms with Gasteiger partial charge in [0.05, 0.1) is 19.8 Å². The number of hydrogen-bond acceptors (Lipinski definition) is 5. The van der Waals surface area contributed by atoms with Gasteiger partial charge in [0.2, 0.25) is 0 Å². The lowest BCUT2D eigenvalue weighted by Crippen LogP contribution is -2.39. The Morgan fingerprint density at radius 1 is 1.14 bits per heavy atom. The molecule has 0 amide bonds. The number of ether oxygens (including phenoxy) is 2. The van der Waals surface area contributed by atoms with Gasteiger partial charge < -0.3 is 19.9 Å². The summed E-state index contributed by atoms with van der Waals surface area (Å²) in [6.45, 7) is 5.30. The van der Waals surface area contributed by atoms with Crippen LogP contribution in [0.15, 0.2) is 17.0 Å². The maximum atomic E-state index is 10.3. The molecule has 0 radical (unpaired) electrons. The van der Waals surface area contributed by atoms with Crippen molar-refractivity contribution in [3.05, 3.63) is 17.7 Å². The van der Waals surface area contributed by atoms with Crippen molar-refractivity contribution in [2.75, 3.05) is 27.0 Å². The molecular formula is C16H27NO3S. The van der Waals surface area contributed by atoms with Crippen LogP contribution in [0, 0.1) is 0 Å². The number of nitrogens with one attached hydrogen (secondary N) is 1. The Hall–Kier alpha value is -0.910. The van der Waals surface area contributed by atoms with Gasteiger partial charge in [0.1, 0.15) is 0 Å². The summed E-state index contributed by atoms with van der Waals surface area (Å²) in [6.07, 6.45) is 3.54. The van der Waals surface area contributed by atoms with Crippen molar-refractivity contribution >= 4 is 11.8 Å². The molecule has 1 rings (SSSR count). The van der Waals surface area contributed by atoms with Crippen molar-refractivity contribution in [3.63, 3.8) is 0 Å². The maximum Gasteiger partial charge on any atom is 0.161 e. The van der Waals surface area contributed by atoms with Crippen LogP contribution < -0.4 is 14.8 Å². The van der Waals surface area contributed by atoms with Crippen molar-refractivity contribution in [3.8, 4) is 11.5 Å². The first-order valence-corrected chi connectivity index (χ1v) is 8.48. The Morgan fingerprint density at radius 3 is 2.19 bits per heavy atom. The molecule has 0 saturated carbocycles. The number of thioether (sulfide) groups is 1. The molecular weight excluding hydrogens is 286 g/mol. The summed E-state index contributed by atoms with van der Waals surface area (Å²) in [7, 11) is 3.28. The van der Waals surface area contributed by atoms with E-state index >= 15 is 0 Å². The molecule has 0 aliphatic carbocycles. The molecule has 21 heavy (non-hydrogen) atoms. The van der Waals surface area contributed by atoms with Crippen molar-refractivity contribution < 1.29 is 14.6 Å². The molecule has 2 N–H and O–H groups in total. The number of aliphatic hydroxyl groups is 1. The highest BCUT2D eigenvalue weighted by atomic mass is 32.2. The van der Waals surface area contributed by atoms with E-state index in [0.29, 0.717) is 13.1 Å². The average molecular weight is 313 g/mol. The van der Waals surface area contributed by atoms with Crippen molar-refractivity contribution in [1.82, 2.24) is 5.32 Å². The van der Waals surface area contributed by atoms with Crippen molar-refractivity contribution in [2.45, 2.75) is 43.7 Å². The summed E-state index contributed by atoms with van der Waals surface area (Å²) in [4.78, 5) is 1.15. The summed E-state index contributed by atoms with van der Waals surface area (Å²) >= 11 is 1.68. The van der Waals surface area contributed by atoms with Gasteiger partial charge in [-0.25, -0.2) is 0 Å². The molecule has 0 saturated heterocycles. The summed E-state index contributed by atoms with van der Waals surface area (Å²) in [5, 5.41) is 13.7. The van der Waals surface area contributed by atoms with Gasteiger partial charge in [-0.1, -0.05) is 13.8 Å². The minimum absolute atomic E-state index is 0.585. The van der Waals surface area contributed by atoms with E-state index in [-0.39, 0.29) is 0 Å². The fraction of sp³-hybridized carbons (Fsp3) is 0.625. The molecule has 0 bridgehead atoms. The van der Waals surface area contributed by atoms with Crippen LogP contribution in [-0.4, -0.2) is 37.7 Å². The second-order valence-electron chi connectivity index (χ2n) is 5.05. The second kappa shape index (κ2) is 8.51. The summed E-state index contributed by atoms with van der Waals surface area (Å²) in [5.74, 6) is 1.47. The smallest absolute Gasteiger partial charge is 0.161 e. The molecule has 0 aromatic heterocycles. The lowest BCUT2D eigenvalue weighted by Gasteiger charge is -2.25. The fourth-order valence-electron chi connectivity index (χ4n) is 2.16. The molecule has 0 atom stereocenters. The molecule has 120 valence electrons. The number of methoxy groups -OCH3 is 2. The predicted molar refractivity (Wildman–Crippen MR) is 88.6 cm³/mol. The lowest BCUT2D eigenvalue weighted by molar-refractivity contribution is 0.0322. The zero-order valence-corrected chi connectivity index (χ0v) is 14.5. The van der Waals surface area contributed by atoms with Crippen LogP contribution in [0.3, 0.4) is 0 Å². The van der Waals surface area contributed by atoms with Gasteiger partial charge in [-0.3, -0.25) is 0 Å². The Balaban J connectivity index is 2.83. The first kappa shape index (κ1) is 18.1. The molecule has 1 aromatic carbocycles. The Labute approximate surface area is 132 Å². The third-order valence-electron chi connectivity index (χ3n) is 3.87. The molecule has 0 aliphatic heterocycles. The fourth-order valence-corrected chi connectivity index (χ4v) is 2.78. The van der Waals surface area contributed by atoms with E-state index in [1.165, 1.54) is 0 Å². The molecule has 0 unspecified atom stereocenters. The lowest BCUT2D eigenvalue weighted by atomic mass is 9.97. The second-order valence-corrected chi connectivity index (χ2v) is 5.90. The Morgan fingerprint density at radius 2 is 1.71 bits per heavy atom. The summed E-state index contributed by atoms with van der Waals surface area (Å²) in [5.41, 5.74) is 0.519. The molecule has 5 heteroatoms. The average Bonchev–Trinajstić information content (AvgIpc) is 2.53. The van der Waals surface area contributed by atoms with E-state index < -0.39 is 5.60 Å². The highest BCUT2D eigenvalue weighted by molar-refractivity contribution is 7.98. The van der Waals surface area contributed by atoms with Crippen LogP contribution in [0.5, 0.6) is 11.5 Å². The van der Waals surface area contributed by atoms with Gasteiger partial charge in [0.25, 0.3) is 0 Å². The maximum absolute atomic E-state index is 10.3. The van der Waals surface area contributed by atoms with E-state index in [9.17, 15) is 5.11 Å². The van der Waals surface area contributed by atoms with E-state index in [0.717, 1.165) is 34.8 Å². The van der Waals surface area contributed by atoms with Crippen molar-refractivity contribution in [1.29, 1.82) is 0 Å². The molecule has 0 aliphatic rings. The highest BCUT2D eigenvalue weighted by Gasteiger charge is 2.21. The van der Waals surface area contributed by atoms with Crippen LogP contribution in [0.25, 0.3) is 0 Å². The Kier molecular flexibility index (Phi) is 7.35. The monoisotopic (exact) mass is 313 g/mol. The van der Waals surface area contributed by atoms with Crippen LogP contribution in [0.4, 0.5) is 0 Å². The summed E-state index contributed by atoms with van der Waals surface area (Å²) in [6, 6.07) is 3.99. The largest absolute Gasteiger partial charge is 0.493 e. The van der Waals surface area contributed by atoms with E-state index in [2.05, 4.69) is 5.32 Å². The van der Waals surface area contributed by atoms with Gasteiger partial charge in [-0.05, 0) is 36.8 Å². The van der Waals surface area contributed by atoms with Gasteiger partial charge in [-0.15, -0.1) is 11.8 Å². The van der Waals surface area contributed by atoms with Crippen LogP contribution in [-0.2, 0) is 6.54 Å². The van der Waals surface area contributed by atoms with Gasteiger partial charge in [0, 0.05) is 18.0 Å². The van der Waals surface area contributed by atoms with E-state index in [1.807, 2.05) is 32.2 Å². The quantitative estimate of drug-likeness (QED) is 0.686. The van der Waals surface area contributed by atoms with Gasteiger partial charge in [0.15, 0.2) is 11.5 Å². The first-order chi connectivity index (χ1) is 10.0. The summed E-state index contributed by atoms with van der Waals surface area (Å²) < 4.78 is 10.7. The predicted octanol–water partition coefficient (Wildman–Crippen LogP) is 3.07. The Bertz CT molecular complexity index is 447. The number of benzene rings is 1. The minimum Gasteiger partial charge on any atom is -0.493 e. The first-order valence-electron chi connectivity index (χ1n) is 7.25. The third kappa shape index (κ3) is 4.80. The molecule has 0 heterocycles. The van der Waals surface area contributed by atoms with Crippen molar-refractivity contribution in [2.24, 2.45) is 0 Å². The van der Waals surface area contributed by atoms with Gasteiger partial charge in [-0.2, -0.15) is 0 Å². The number of hydrogen-bond donors (Lipinski definition) is 2. The molecule has 0 spiro atoms. The van der Waals surface area contributed by atoms with Crippen LogP contribution in [0.1, 0.15) is 32.3 Å². The normalized spacial score (nSPS) is 11.5. The van der Waals surface area contributed by atoms with Crippen LogP contribution in [0.2, 0.25) is 0 Å². The highest BCUT2D eigenvalue weighted by Crippen LogP contribution is 2.34. The van der Waals surface area contributed by atoms with Crippen LogP contribution >= 0.6 is 11.8 Å². The number of rotatable bonds is 9.